The molecule has 33 heavy (non-hydrogen) atoms. The van der Waals surface area contributed by atoms with Crippen molar-refractivity contribution in [2.24, 2.45) is 0 Å². The van der Waals surface area contributed by atoms with Crippen LogP contribution in [0.1, 0.15) is 32.1 Å². The predicted molar refractivity (Wildman–Crippen MR) is 130 cm³/mol. The predicted octanol–water partition coefficient (Wildman–Crippen LogP) is 6.01. The molecule has 0 saturated carbocycles. The highest BCUT2D eigenvalue weighted by molar-refractivity contribution is 9.10. The highest BCUT2D eigenvalue weighted by atomic mass is 79.9. The largest absolute Gasteiger partial charge is 0.451 e. The van der Waals surface area contributed by atoms with Crippen molar-refractivity contribution in [1.29, 1.82) is 0 Å². The Kier molecular flexibility index (Phi) is 6.72. The summed E-state index contributed by atoms with van der Waals surface area (Å²) in [5.41, 5.74) is 3.88. The minimum atomic E-state index is -0.786. The monoisotopic (exact) mass is 523 g/mol. The van der Waals surface area contributed by atoms with Crippen LogP contribution in [0.3, 0.4) is 0 Å². The van der Waals surface area contributed by atoms with Crippen LogP contribution < -0.4 is 0 Å². The zero-order chi connectivity index (χ0) is 23.5. The Morgan fingerprint density at radius 1 is 1.00 bits per heavy atom. The number of rotatable bonds is 6. The molecule has 166 valence electrons. The maximum absolute atomic E-state index is 12.7. The van der Waals surface area contributed by atoms with Crippen molar-refractivity contribution in [2.75, 3.05) is 6.61 Å². The number of ketones is 1. The summed E-state index contributed by atoms with van der Waals surface area (Å²) >= 11 is 9.63. The third kappa shape index (κ3) is 5.21. The van der Waals surface area contributed by atoms with Gasteiger partial charge in [0, 0.05) is 20.6 Å². The Hall–Kier alpha value is -3.29. The van der Waals surface area contributed by atoms with Gasteiger partial charge in [0.15, 0.2) is 18.2 Å². The zero-order valence-corrected chi connectivity index (χ0v) is 20.2. The molecule has 0 aliphatic rings. The van der Waals surface area contributed by atoms with Crippen molar-refractivity contribution >= 4 is 39.3 Å². The molecule has 0 aliphatic carbocycles. The van der Waals surface area contributed by atoms with Crippen LogP contribution in [0.2, 0.25) is 5.02 Å². The fraction of sp³-hybridized carbons (Fsp3) is 0.120. The van der Waals surface area contributed by atoms with E-state index in [4.69, 9.17) is 16.3 Å². The van der Waals surface area contributed by atoms with Crippen molar-refractivity contribution in [2.45, 2.75) is 13.8 Å². The lowest BCUT2D eigenvalue weighted by Crippen LogP contribution is -2.15. The quantitative estimate of drug-likeness (QED) is 0.228. The molecule has 4 aromatic rings. The summed E-state index contributed by atoms with van der Waals surface area (Å²) in [7, 11) is 0. The number of esters is 1. The second-order valence-electron chi connectivity index (χ2n) is 7.48. The Morgan fingerprint density at radius 2 is 1.70 bits per heavy atom. The lowest BCUT2D eigenvalue weighted by Gasteiger charge is -2.08. The molecule has 0 saturated heterocycles. The van der Waals surface area contributed by atoms with Gasteiger partial charge >= 0.3 is 5.97 Å². The van der Waals surface area contributed by atoms with E-state index >= 15 is 0 Å². The third-order valence-corrected chi connectivity index (χ3v) is 5.94. The topological polar surface area (TPSA) is 74.1 Å². The molecule has 0 unspecified atom stereocenters. The lowest BCUT2D eigenvalue weighted by molar-refractivity contribution is 0.0462. The fourth-order valence-corrected chi connectivity index (χ4v) is 3.54. The molecule has 1 aromatic heterocycles. The van der Waals surface area contributed by atoms with Gasteiger partial charge in [0.05, 0.1) is 5.69 Å². The molecular weight excluding hydrogens is 506 g/mol. The first kappa shape index (κ1) is 22.9. The van der Waals surface area contributed by atoms with Gasteiger partial charge in [0.1, 0.15) is 0 Å². The van der Waals surface area contributed by atoms with E-state index in [2.05, 4.69) is 26.0 Å². The fourth-order valence-electron chi connectivity index (χ4n) is 3.10. The number of nitrogens with zero attached hydrogens (tertiary/aromatic N) is 3. The average molecular weight is 525 g/mol. The van der Waals surface area contributed by atoms with Crippen molar-refractivity contribution in [3.63, 3.8) is 0 Å². The number of benzene rings is 3. The number of hydrogen-bond acceptors (Lipinski definition) is 5. The highest BCUT2D eigenvalue weighted by Crippen LogP contribution is 2.25. The van der Waals surface area contributed by atoms with Crippen molar-refractivity contribution in [1.82, 2.24) is 14.8 Å². The van der Waals surface area contributed by atoms with Gasteiger partial charge in [0.2, 0.25) is 0 Å². The summed E-state index contributed by atoms with van der Waals surface area (Å²) in [6.45, 7) is 3.48. The van der Waals surface area contributed by atoms with E-state index in [-0.39, 0.29) is 11.6 Å². The Morgan fingerprint density at radius 3 is 2.36 bits per heavy atom. The number of halogens is 2. The van der Waals surface area contributed by atoms with Crippen molar-refractivity contribution in [3.8, 4) is 17.1 Å². The van der Waals surface area contributed by atoms with Gasteiger partial charge < -0.3 is 4.74 Å². The molecule has 0 radical (unpaired) electrons. The van der Waals surface area contributed by atoms with Crippen molar-refractivity contribution in [3.05, 3.63) is 98.7 Å². The van der Waals surface area contributed by atoms with E-state index in [1.165, 1.54) is 0 Å². The summed E-state index contributed by atoms with van der Waals surface area (Å²) < 4.78 is 7.61. The Labute approximate surface area is 204 Å². The molecule has 0 N–H and O–H groups in total. The van der Waals surface area contributed by atoms with Gasteiger partial charge in [-0.25, -0.2) is 14.5 Å². The van der Waals surface area contributed by atoms with Crippen LogP contribution in [-0.2, 0) is 4.74 Å². The second kappa shape index (κ2) is 9.68. The SMILES string of the molecule is Cc1ccc(-c2nc(C(=O)OCC(=O)c3ccc(Br)cc3)nn2-c2ccc(C)c(Cl)c2)cc1. The Balaban J connectivity index is 1.63. The standard InChI is InChI=1S/C25H19BrClN3O3/c1-15-3-6-18(7-4-15)24-28-23(29-30(24)20-12-5-16(2)21(27)13-20)25(32)33-14-22(31)17-8-10-19(26)11-9-17/h3-13H,14H2,1-2H3. The maximum Gasteiger partial charge on any atom is 0.378 e. The molecular formula is C25H19BrClN3O3. The number of carbonyl (C=O) groups is 2. The van der Waals surface area contributed by atoms with Crippen LogP contribution in [0.25, 0.3) is 17.1 Å². The number of hydrogen-bond donors (Lipinski definition) is 0. The van der Waals surface area contributed by atoms with Crippen LogP contribution in [0.5, 0.6) is 0 Å². The number of carbonyl (C=O) groups excluding carboxylic acids is 2. The van der Waals surface area contributed by atoms with E-state index < -0.39 is 12.6 Å². The molecule has 8 heteroatoms. The highest BCUT2D eigenvalue weighted by Gasteiger charge is 2.21. The van der Waals surface area contributed by atoms with Crippen LogP contribution in [0.4, 0.5) is 0 Å². The molecule has 3 aromatic carbocycles. The minimum absolute atomic E-state index is 0.147. The molecule has 0 amide bonds. The molecule has 1 heterocycles. The van der Waals surface area contributed by atoms with Gasteiger partial charge in [-0.2, -0.15) is 0 Å². The van der Waals surface area contributed by atoms with Gasteiger partial charge in [0.25, 0.3) is 5.82 Å². The summed E-state index contributed by atoms with van der Waals surface area (Å²) in [6.07, 6.45) is 0. The minimum Gasteiger partial charge on any atom is -0.451 e. The second-order valence-corrected chi connectivity index (χ2v) is 8.80. The van der Waals surface area contributed by atoms with Crippen LogP contribution in [0, 0.1) is 13.8 Å². The zero-order valence-electron chi connectivity index (χ0n) is 17.9. The molecule has 0 fully saturated rings. The molecule has 0 aliphatic heterocycles. The third-order valence-electron chi connectivity index (χ3n) is 5.00. The number of aryl methyl sites for hydroxylation is 2. The molecule has 4 rings (SSSR count). The van der Waals surface area contributed by atoms with Crippen LogP contribution in [0.15, 0.2) is 71.2 Å². The Bertz CT molecular complexity index is 1330. The summed E-state index contributed by atoms with van der Waals surface area (Å²) in [4.78, 5) is 29.5. The smallest absolute Gasteiger partial charge is 0.378 e. The van der Waals surface area contributed by atoms with E-state index in [0.29, 0.717) is 22.1 Å². The first-order chi connectivity index (χ1) is 15.8. The van der Waals surface area contributed by atoms with Crippen LogP contribution >= 0.6 is 27.5 Å². The summed E-state index contributed by atoms with van der Waals surface area (Å²) in [6, 6.07) is 20.0. The molecule has 0 atom stereocenters. The van der Waals surface area contributed by atoms with Gasteiger partial charge in [-0.1, -0.05) is 75.6 Å². The van der Waals surface area contributed by atoms with Gasteiger partial charge in [-0.15, -0.1) is 5.10 Å². The molecule has 0 bridgehead atoms. The summed E-state index contributed by atoms with van der Waals surface area (Å²) in [5.74, 6) is -0.794. The maximum atomic E-state index is 12.7. The first-order valence-corrected chi connectivity index (χ1v) is 11.3. The molecule has 6 nitrogen and oxygen atoms in total. The van der Waals surface area contributed by atoms with E-state index in [1.54, 1.807) is 35.0 Å². The molecule has 0 spiro atoms. The van der Waals surface area contributed by atoms with Gasteiger partial charge in [-0.05, 0) is 43.7 Å². The van der Waals surface area contributed by atoms with Gasteiger partial charge in [-0.3, -0.25) is 4.79 Å². The normalized spacial score (nSPS) is 10.8. The lowest BCUT2D eigenvalue weighted by atomic mass is 10.1. The van der Waals surface area contributed by atoms with E-state index in [0.717, 1.165) is 21.2 Å². The number of Topliss-reactive ketones (excluding diaryl/α,β-unsaturated/α-hetero) is 1. The first-order valence-electron chi connectivity index (χ1n) is 10.1. The average Bonchev–Trinajstić information content (AvgIpc) is 3.25. The van der Waals surface area contributed by atoms with E-state index in [9.17, 15) is 9.59 Å². The number of aromatic nitrogens is 3. The van der Waals surface area contributed by atoms with Crippen molar-refractivity contribution < 1.29 is 14.3 Å². The number of ether oxygens (including phenoxy) is 1. The summed E-state index contributed by atoms with van der Waals surface area (Å²) in [5, 5.41) is 4.94. The van der Waals surface area contributed by atoms with Crippen LogP contribution in [-0.4, -0.2) is 33.1 Å². The van der Waals surface area contributed by atoms with E-state index in [1.807, 2.05) is 50.2 Å².